The second-order valence-corrected chi connectivity index (χ2v) is 6.05. The van der Waals surface area contributed by atoms with Crippen molar-refractivity contribution in [1.29, 1.82) is 0 Å². The molecule has 3 N–H and O–H groups in total. The van der Waals surface area contributed by atoms with E-state index < -0.39 is 6.10 Å². The maximum absolute atomic E-state index is 10.4. The van der Waals surface area contributed by atoms with E-state index in [1.807, 2.05) is 49.4 Å². The van der Waals surface area contributed by atoms with Crippen LogP contribution in [0.3, 0.4) is 0 Å². The quantitative estimate of drug-likeness (QED) is 0.271. The van der Waals surface area contributed by atoms with Crippen molar-refractivity contribution < 1.29 is 19.3 Å². The van der Waals surface area contributed by atoms with Gasteiger partial charge < -0.3 is 30.0 Å². The number of hydrogen-bond donors (Lipinski definition) is 3. The van der Waals surface area contributed by atoms with Gasteiger partial charge in [-0.2, -0.15) is 0 Å². The summed E-state index contributed by atoms with van der Waals surface area (Å²) in [5.74, 6) is 2.78. The van der Waals surface area contributed by atoms with Crippen molar-refractivity contribution in [2.45, 2.75) is 19.6 Å². The molecule has 29 heavy (non-hydrogen) atoms. The number of benzene rings is 2. The van der Waals surface area contributed by atoms with Crippen LogP contribution in [0.25, 0.3) is 0 Å². The van der Waals surface area contributed by atoms with Crippen LogP contribution in [-0.2, 0) is 6.54 Å². The van der Waals surface area contributed by atoms with Gasteiger partial charge in [-0.25, -0.2) is 4.99 Å². The van der Waals surface area contributed by atoms with E-state index in [9.17, 15) is 5.11 Å². The molecule has 1 unspecified atom stereocenters. The van der Waals surface area contributed by atoms with Crippen molar-refractivity contribution >= 4 is 29.9 Å². The number of nitrogens with zero attached hydrogens (tertiary/aromatic N) is 1. The molecular weight excluding hydrogens is 485 g/mol. The van der Waals surface area contributed by atoms with Crippen LogP contribution < -0.4 is 24.8 Å². The number of aliphatic hydroxyl groups is 1. The number of aliphatic imine (C=N–C) groups is 1. The highest BCUT2D eigenvalue weighted by molar-refractivity contribution is 14.0. The van der Waals surface area contributed by atoms with Gasteiger partial charge in [0, 0.05) is 24.7 Å². The molecule has 0 heterocycles. The van der Waals surface area contributed by atoms with E-state index in [-0.39, 0.29) is 24.0 Å². The van der Waals surface area contributed by atoms with Crippen LogP contribution in [0.4, 0.5) is 0 Å². The number of methoxy groups -OCH3 is 3. The molecule has 0 bridgehead atoms. The van der Waals surface area contributed by atoms with E-state index in [1.54, 1.807) is 21.3 Å². The van der Waals surface area contributed by atoms with E-state index in [4.69, 9.17) is 14.2 Å². The van der Waals surface area contributed by atoms with Crippen molar-refractivity contribution in [3.05, 3.63) is 53.6 Å². The molecule has 0 spiro atoms. The topological polar surface area (TPSA) is 84.3 Å². The summed E-state index contributed by atoms with van der Waals surface area (Å²) in [4.78, 5) is 4.58. The second-order valence-electron chi connectivity index (χ2n) is 6.05. The van der Waals surface area contributed by atoms with E-state index in [1.165, 1.54) is 0 Å². The van der Waals surface area contributed by atoms with Crippen LogP contribution in [-0.4, -0.2) is 45.5 Å². The van der Waals surface area contributed by atoms with E-state index >= 15 is 0 Å². The molecule has 8 heteroatoms. The monoisotopic (exact) mass is 515 g/mol. The third-order valence-corrected chi connectivity index (χ3v) is 4.19. The fourth-order valence-electron chi connectivity index (χ4n) is 2.65. The molecule has 0 radical (unpaired) electrons. The molecule has 0 saturated heterocycles. The zero-order chi connectivity index (χ0) is 20.4. The molecule has 160 valence electrons. The van der Waals surface area contributed by atoms with Gasteiger partial charge in [0.05, 0.1) is 34.0 Å². The molecule has 0 aliphatic carbocycles. The number of ether oxygens (including phenoxy) is 3. The highest BCUT2D eigenvalue weighted by atomic mass is 127. The minimum absolute atomic E-state index is 0. The lowest BCUT2D eigenvalue weighted by atomic mass is 10.1. The van der Waals surface area contributed by atoms with E-state index in [0.29, 0.717) is 31.3 Å². The number of aliphatic hydroxyl groups excluding tert-OH is 1. The minimum Gasteiger partial charge on any atom is -0.497 e. The zero-order valence-corrected chi connectivity index (χ0v) is 19.6. The van der Waals surface area contributed by atoms with Crippen molar-refractivity contribution in [2.24, 2.45) is 4.99 Å². The molecule has 2 rings (SSSR count). The lowest BCUT2D eigenvalue weighted by Gasteiger charge is -2.16. The summed E-state index contributed by atoms with van der Waals surface area (Å²) in [5.41, 5.74) is 1.72. The highest BCUT2D eigenvalue weighted by Crippen LogP contribution is 2.25. The summed E-state index contributed by atoms with van der Waals surface area (Å²) in [6, 6.07) is 13.0. The lowest BCUT2D eigenvalue weighted by molar-refractivity contribution is 0.180. The number of halogens is 1. The first-order valence-electron chi connectivity index (χ1n) is 9.16. The molecule has 0 aliphatic heterocycles. The summed E-state index contributed by atoms with van der Waals surface area (Å²) in [7, 11) is 4.84. The van der Waals surface area contributed by atoms with Gasteiger partial charge in [-0.15, -0.1) is 24.0 Å². The Balaban J connectivity index is 0.00000420. The Bertz CT molecular complexity index is 786. The Morgan fingerprint density at radius 1 is 1.00 bits per heavy atom. The molecule has 2 aromatic rings. The minimum atomic E-state index is -0.686. The molecule has 0 amide bonds. The van der Waals surface area contributed by atoms with Gasteiger partial charge in [0.25, 0.3) is 0 Å². The SMILES string of the molecule is CCNC(=NCc1ccc(OC)cc1OC)NCC(O)c1cccc(OC)c1.I. The van der Waals surface area contributed by atoms with Crippen molar-refractivity contribution in [1.82, 2.24) is 10.6 Å². The van der Waals surface area contributed by atoms with E-state index in [2.05, 4.69) is 15.6 Å². The summed E-state index contributed by atoms with van der Waals surface area (Å²) in [6.07, 6.45) is -0.686. The molecule has 2 aromatic carbocycles. The average molecular weight is 515 g/mol. The van der Waals surface area contributed by atoms with Gasteiger partial charge in [0.2, 0.25) is 0 Å². The largest absolute Gasteiger partial charge is 0.497 e. The predicted octanol–water partition coefficient (Wildman–Crippen LogP) is 3.12. The standard InChI is InChI=1S/C21H29N3O4.HI/c1-5-22-21(23-13-16-9-10-18(27-3)12-20(16)28-4)24-14-19(25)15-7-6-8-17(11-15)26-2;/h6-12,19,25H,5,13-14H2,1-4H3,(H2,22,23,24);1H. The fraction of sp³-hybridized carbons (Fsp3) is 0.381. The summed E-state index contributed by atoms with van der Waals surface area (Å²) >= 11 is 0. The van der Waals surface area contributed by atoms with Gasteiger partial charge in [-0.3, -0.25) is 0 Å². The number of guanidine groups is 1. The Morgan fingerprint density at radius 3 is 2.38 bits per heavy atom. The van der Waals surface area contributed by atoms with Crippen molar-refractivity contribution in [2.75, 3.05) is 34.4 Å². The maximum Gasteiger partial charge on any atom is 0.191 e. The molecule has 7 nitrogen and oxygen atoms in total. The summed E-state index contributed by atoms with van der Waals surface area (Å²) in [5, 5.41) is 16.8. The van der Waals surface area contributed by atoms with Crippen LogP contribution in [0.15, 0.2) is 47.5 Å². The second kappa shape index (κ2) is 13.1. The molecular formula is C21H30IN3O4. The maximum atomic E-state index is 10.4. The molecule has 0 saturated carbocycles. The Kier molecular flexibility index (Phi) is 11.2. The van der Waals surface area contributed by atoms with Crippen LogP contribution in [0.2, 0.25) is 0 Å². The van der Waals surface area contributed by atoms with Gasteiger partial charge in [-0.05, 0) is 36.8 Å². The van der Waals surface area contributed by atoms with Crippen LogP contribution >= 0.6 is 24.0 Å². The van der Waals surface area contributed by atoms with Gasteiger partial charge in [0.1, 0.15) is 17.2 Å². The summed E-state index contributed by atoms with van der Waals surface area (Å²) in [6.45, 7) is 3.45. The predicted molar refractivity (Wildman–Crippen MR) is 126 cm³/mol. The van der Waals surface area contributed by atoms with Gasteiger partial charge in [0.15, 0.2) is 5.96 Å². The van der Waals surface area contributed by atoms with Crippen LogP contribution in [0.1, 0.15) is 24.2 Å². The molecule has 0 fully saturated rings. The Labute approximate surface area is 189 Å². The van der Waals surface area contributed by atoms with E-state index in [0.717, 1.165) is 22.6 Å². The molecule has 1 atom stereocenters. The third kappa shape index (κ3) is 7.62. The Morgan fingerprint density at radius 2 is 1.72 bits per heavy atom. The number of hydrogen-bond acceptors (Lipinski definition) is 5. The van der Waals surface area contributed by atoms with Crippen LogP contribution in [0, 0.1) is 0 Å². The summed E-state index contributed by atoms with van der Waals surface area (Å²) < 4.78 is 15.8. The zero-order valence-electron chi connectivity index (χ0n) is 17.3. The number of nitrogens with one attached hydrogen (secondary N) is 2. The van der Waals surface area contributed by atoms with Crippen molar-refractivity contribution in [3.8, 4) is 17.2 Å². The van der Waals surface area contributed by atoms with Crippen molar-refractivity contribution in [3.63, 3.8) is 0 Å². The third-order valence-electron chi connectivity index (χ3n) is 4.19. The normalized spacial score (nSPS) is 11.8. The number of rotatable bonds is 9. The first kappa shape index (κ1) is 24.8. The smallest absolute Gasteiger partial charge is 0.191 e. The first-order chi connectivity index (χ1) is 13.6. The molecule has 0 aliphatic rings. The molecule has 0 aromatic heterocycles. The average Bonchev–Trinajstić information content (AvgIpc) is 2.75. The lowest BCUT2D eigenvalue weighted by Crippen LogP contribution is -2.39. The first-order valence-corrected chi connectivity index (χ1v) is 9.16. The highest BCUT2D eigenvalue weighted by Gasteiger charge is 2.10. The van der Waals surface area contributed by atoms with Gasteiger partial charge >= 0.3 is 0 Å². The van der Waals surface area contributed by atoms with Crippen LogP contribution in [0.5, 0.6) is 17.2 Å². The van der Waals surface area contributed by atoms with Gasteiger partial charge in [-0.1, -0.05) is 12.1 Å². The fourth-order valence-corrected chi connectivity index (χ4v) is 2.65. The Hall–Kier alpha value is -2.20.